The molecule has 2 aromatic carbocycles. The van der Waals surface area contributed by atoms with Crippen molar-refractivity contribution in [3.63, 3.8) is 0 Å². The van der Waals surface area contributed by atoms with E-state index in [1.807, 2.05) is 0 Å². The fourth-order valence-electron chi connectivity index (χ4n) is 1.81. The van der Waals surface area contributed by atoms with Crippen molar-refractivity contribution < 1.29 is 9.63 Å². The third kappa shape index (κ3) is 2.66. The zero-order valence-corrected chi connectivity index (χ0v) is 12.1. The molecule has 0 atom stereocenters. The molecule has 7 heteroatoms. The molecule has 3 rings (SSSR count). The zero-order valence-electron chi connectivity index (χ0n) is 10.5. The summed E-state index contributed by atoms with van der Waals surface area (Å²) >= 11 is 11.8. The lowest BCUT2D eigenvalue weighted by molar-refractivity contribution is 0.426. The number of halogens is 2. The monoisotopic (exact) mass is 321 g/mol. The van der Waals surface area contributed by atoms with Crippen molar-refractivity contribution in [2.24, 2.45) is 0 Å². The molecule has 1 aromatic heterocycles. The lowest BCUT2D eigenvalue weighted by Gasteiger charge is -2.00. The number of nitrogen functional groups attached to an aromatic ring is 1. The standard InChI is InChI=1S/C14H9Cl2N3O2/c15-10-4-1-7(5-11(10)16)13-18-14(21-19-13)9-3-2-8(17)6-12(9)20/h1-6,20H,17H2. The van der Waals surface area contributed by atoms with E-state index in [1.54, 1.807) is 30.3 Å². The van der Waals surface area contributed by atoms with E-state index in [1.165, 1.54) is 6.07 Å². The predicted molar refractivity (Wildman–Crippen MR) is 81.3 cm³/mol. The van der Waals surface area contributed by atoms with Crippen molar-refractivity contribution in [1.29, 1.82) is 0 Å². The first kappa shape index (κ1) is 13.7. The molecule has 0 aliphatic heterocycles. The maximum absolute atomic E-state index is 9.86. The van der Waals surface area contributed by atoms with Crippen LogP contribution in [0.3, 0.4) is 0 Å². The van der Waals surface area contributed by atoms with E-state index in [4.69, 9.17) is 33.5 Å². The molecule has 21 heavy (non-hydrogen) atoms. The van der Waals surface area contributed by atoms with Gasteiger partial charge in [0.05, 0.1) is 15.6 Å². The van der Waals surface area contributed by atoms with Crippen molar-refractivity contribution in [3.8, 4) is 28.6 Å². The van der Waals surface area contributed by atoms with Gasteiger partial charge in [-0.2, -0.15) is 4.98 Å². The average Bonchev–Trinajstić information content (AvgIpc) is 2.91. The smallest absolute Gasteiger partial charge is 0.262 e. The van der Waals surface area contributed by atoms with Crippen LogP contribution >= 0.6 is 23.2 Å². The fraction of sp³-hybridized carbons (Fsp3) is 0. The maximum Gasteiger partial charge on any atom is 0.262 e. The summed E-state index contributed by atoms with van der Waals surface area (Å²) in [7, 11) is 0. The second-order valence-electron chi connectivity index (χ2n) is 4.33. The summed E-state index contributed by atoms with van der Waals surface area (Å²) in [5, 5.41) is 14.6. The zero-order chi connectivity index (χ0) is 15.0. The summed E-state index contributed by atoms with van der Waals surface area (Å²) in [5.74, 6) is 0.507. The normalized spacial score (nSPS) is 10.8. The van der Waals surface area contributed by atoms with E-state index in [-0.39, 0.29) is 11.6 Å². The van der Waals surface area contributed by atoms with Crippen LogP contribution in [0.4, 0.5) is 5.69 Å². The van der Waals surface area contributed by atoms with Gasteiger partial charge >= 0.3 is 0 Å². The highest BCUT2D eigenvalue weighted by atomic mass is 35.5. The lowest BCUT2D eigenvalue weighted by Crippen LogP contribution is -1.86. The molecule has 106 valence electrons. The van der Waals surface area contributed by atoms with Gasteiger partial charge < -0.3 is 15.4 Å². The van der Waals surface area contributed by atoms with E-state index in [9.17, 15) is 5.11 Å². The topological polar surface area (TPSA) is 85.2 Å². The highest BCUT2D eigenvalue weighted by molar-refractivity contribution is 6.42. The van der Waals surface area contributed by atoms with Gasteiger partial charge in [-0.3, -0.25) is 0 Å². The molecule has 0 bridgehead atoms. The van der Waals surface area contributed by atoms with E-state index in [0.717, 1.165) is 0 Å². The van der Waals surface area contributed by atoms with Gasteiger partial charge in [-0.25, -0.2) is 0 Å². The Hall–Kier alpha value is -2.24. The van der Waals surface area contributed by atoms with Gasteiger partial charge in [0, 0.05) is 17.3 Å². The van der Waals surface area contributed by atoms with Gasteiger partial charge in [0.1, 0.15) is 5.75 Å². The lowest BCUT2D eigenvalue weighted by atomic mass is 10.2. The summed E-state index contributed by atoms with van der Waals surface area (Å²) in [6.07, 6.45) is 0. The van der Waals surface area contributed by atoms with Crippen LogP contribution in [0.1, 0.15) is 0 Å². The summed E-state index contributed by atoms with van der Waals surface area (Å²) in [6, 6.07) is 9.68. The Bertz CT molecular complexity index is 818. The molecule has 5 nitrogen and oxygen atoms in total. The number of benzene rings is 2. The average molecular weight is 322 g/mol. The van der Waals surface area contributed by atoms with Crippen molar-refractivity contribution in [2.75, 3.05) is 5.73 Å². The molecule has 0 aliphatic rings. The molecule has 0 fully saturated rings. The van der Waals surface area contributed by atoms with Gasteiger partial charge in [0.25, 0.3) is 5.89 Å². The first-order chi connectivity index (χ1) is 10.0. The Morgan fingerprint density at radius 1 is 1.05 bits per heavy atom. The number of phenols is 1. The number of hydrogen-bond donors (Lipinski definition) is 2. The Labute approximate surface area is 129 Å². The Balaban J connectivity index is 2.01. The Morgan fingerprint density at radius 2 is 1.86 bits per heavy atom. The second-order valence-corrected chi connectivity index (χ2v) is 5.14. The molecule has 1 heterocycles. The number of aromatic hydroxyl groups is 1. The molecule has 0 saturated carbocycles. The predicted octanol–water partition coefficient (Wildman–Crippen LogP) is 4.00. The number of nitrogens with zero attached hydrogens (tertiary/aromatic N) is 2. The quantitative estimate of drug-likeness (QED) is 0.697. The Morgan fingerprint density at radius 3 is 2.57 bits per heavy atom. The number of phenolic OH excluding ortho intramolecular Hbond substituents is 1. The van der Waals surface area contributed by atoms with Crippen LogP contribution < -0.4 is 5.73 Å². The van der Waals surface area contributed by atoms with Crippen LogP contribution in [0.25, 0.3) is 22.8 Å². The minimum atomic E-state index is -0.0284. The second kappa shape index (κ2) is 5.27. The SMILES string of the molecule is Nc1ccc(-c2nc(-c3ccc(Cl)c(Cl)c3)no2)c(O)c1. The van der Waals surface area contributed by atoms with Crippen molar-refractivity contribution >= 4 is 28.9 Å². The number of rotatable bonds is 2. The molecule has 3 N–H and O–H groups in total. The first-order valence-corrected chi connectivity index (χ1v) is 6.68. The molecule has 0 aliphatic carbocycles. The summed E-state index contributed by atoms with van der Waals surface area (Å²) in [5.41, 5.74) is 7.09. The van der Waals surface area contributed by atoms with Crippen LogP contribution in [0.2, 0.25) is 10.0 Å². The summed E-state index contributed by atoms with van der Waals surface area (Å²) in [6.45, 7) is 0. The fourth-order valence-corrected chi connectivity index (χ4v) is 2.11. The van der Waals surface area contributed by atoms with Crippen LogP contribution in [0, 0.1) is 0 Å². The molecule has 3 aromatic rings. The van der Waals surface area contributed by atoms with Crippen molar-refractivity contribution in [3.05, 3.63) is 46.4 Å². The molecule has 0 spiro atoms. The van der Waals surface area contributed by atoms with Gasteiger partial charge in [-0.15, -0.1) is 0 Å². The molecule has 0 saturated heterocycles. The molecule has 0 amide bonds. The summed E-state index contributed by atoms with van der Waals surface area (Å²) < 4.78 is 5.16. The van der Waals surface area contributed by atoms with E-state index >= 15 is 0 Å². The number of hydrogen-bond acceptors (Lipinski definition) is 5. The number of anilines is 1. The molecule has 0 unspecified atom stereocenters. The van der Waals surface area contributed by atoms with E-state index in [2.05, 4.69) is 10.1 Å². The maximum atomic E-state index is 9.86. The van der Waals surface area contributed by atoms with Gasteiger partial charge in [-0.05, 0) is 30.3 Å². The number of nitrogens with two attached hydrogens (primary N) is 1. The minimum absolute atomic E-state index is 0.0284. The minimum Gasteiger partial charge on any atom is -0.507 e. The largest absolute Gasteiger partial charge is 0.507 e. The highest BCUT2D eigenvalue weighted by Gasteiger charge is 2.14. The highest BCUT2D eigenvalue weighted by Crippen LogP contribution is 2.32. The van der Waals surface area contributed by atoms with Crippen LogP contribution in [-0.2, 0) is 0 Å². The molecule has 0 radical (unpaired) electrons. The van der Waals surface area contributed by atoms with Crippen LogP contribution in [0.15, 0.2) is 40.9 Å². The van der Waals surface area contributed by atoms with E-state index in [0.29, 0.717) is 32.7 Å². The Kier molecular flexibility index (Phi) is 3.45. The van der Waals surface area contributed by atoms with Crippen molar-refractivity contribution in [1.82, 2.24) is 10.1 Å². The van der Waals surface area contributed by atoms with Crippen LogP contribution in [0.5, 0.6) is 5.75 Å². The third-order valence-corrected chi connectivity index (χ3v) is 3.60. The molecular weight excluding hydrogens is 313 g/mol. The van der Waals surface area contributed by atoms with Gasteiger partial charge in [0.15, 0.2) is 0 Å². The third-order valence-electron chi connectivity index (χ3n) is 2.86. The number of aromatic nitrogens is 2. The van der Waals surface area contributed by atoms with E-state index < -0.39 is 0 Å². The molecular formula is C14H9Cl2N3O2. The van der Waals surface area contributed by atoms with Gasteiger partial charge in [-0.1, -0.05) is 28.4 Å². The van der Waals surface area contributed by atoms with Crippen molar-refractivity contribution in [2.45, 2.75) is 0 Å². The summed E-state index contributed by atoms with van der Waals surface area (Å²) in [4.78, 5) is 4.23. The van der Waals surface area contributed by atoms with Crippen LogP contribution in [-0.4, -0.2) is 15.2 Å². The first-order valence-electron chi connectivity index (χ1n) is 5.92. The van der Waals surface area contributed by atoms with Gasteiger partial charge in [0.2, 0.25) is 5.82 Å².